The van der Waals surface area contributed by atoms with Gasteiger partial charge < -0.3 is 15.4 Å². The monoisotopic (exact) mass is 468 g/mol. The number of rotatable bonds is 9. The fourth-order valence-electron chi connectivity index (χ4n) is 2.46. The van der Waals surface area contributed by atoms with Gasteiger partial charge in [0, 0.05) is 24.8 Å². The molecule has 0 spiro atoms. The van der Waals surface area contributed by atoms with Crippen LogP contribution in [0.25, 0.3) is 0 Å². The Morgan fingerprint density at radius 1 is 1.08 bits per heavy atom. The third-order valence-electron chi connectivity index (χ3n) is 3.66. The van der Waals surface area contributed by atoms with Gasteiger partial charge >= 0.3 is 0 Å². The van der Waals surface area contributed by atoms with Crippen molar-refractivity contribution in [3.63, 3.8) is 0 Å². The van der Waals surface area contributed by atoms with E-state index in [1.54, 1.807) is 6.20 Å². The molecule has 0 aliphatic rings. The zero-order chi connectivity index (χ0) is 17.7. The van der Waals surface area contributed by atoms with Crippen LogP contribution in [0, 0.1) is 0 Å². The predicted molar refractivity (Wildman–Crippen MR) is 118 cm³/mol. The zero-order valence-electron chi connectivity index (χ0n) is 15.6. The van der Waals surface area contributed by atoms with E-state index in [4.69, 9.17) is 4.74 Å². The molecule has 0 unspecified atom stereocenters. The van der Waals surface area contributed by atoms with E-state index in [1.165, 1.54) is 5.56 Å². The van der Waals surface area contributed by atoms with E-state index in [0.717, 1.165) is 37.5 Å². The Labute approximate surface area is 173 Å². The van der Waals surface area contributed by atoms with Crippen LogP contribution in [0.4, 0.5) is 0 Å². The third kappa shape index (κ3) is 8.03. The minimum atomic E-state index is 0. The van der Waals surface area contributed by atoms with E-state index in [2.05, 4.69) is 51.8 Å². The van der Waals surface area contributed by atoms with Crippen molar-refractivity contribution in [2.45, 2.75) is 33.2 Å². The van der Waals surface area contributed by atoms with Crippen LogP contribution >= 0.6 is 24.0 Å². The first-order chi connectivity index (χ1) is 12.3. The Morgan fingerprint density at radius 2 is 1.88 bits per heavy atom. The SMILES string of the molecule is CCNC(=NCc1cccnc1OCC)NCCCc1ccccc1.I. The Morgan fingerprint density at radius 3 is 2.62 bits per heavy atom. The van der Waals surface area contributed by atoms with Gasteiger partial charge in [-0.05, 0) is 38.3 Å². The van der Waals surface area contributed by atoms with Crippen molar-refractivity contribution in [3.05, 3.63) is 59.8 Å². The van der Waals surface area contributed by atoms with Crippen LogP contribution in [0.2, 0.25) is 0 Å². The highest BCUT2D eigenvalue weighted by Crippen LogP contribution is 2.15. The molecular formula is C20H29IN4O. The van der Waals surface area contributed by atoms with E-state index in [-0.39, 0.29) is 24.0 Å². The summed E-state index contributed by atoms with van der Waals surface area (Å²) in [4.78, 5) is 8.91. The fraction of sp³-hybridized carbons (Fsp3) is 0.400. The maximum absolute atomic E-state index is 5.56. The molecule has 1 aromatic heterocycles. The molecule has 0 radical (unpaired) electrons. The standard InChI is InChI=1S/C20H28N4O.HI/c1-3-21-20(23-15-8-12-17-10-6-5-7-11-17)24-16-18-13-9-14-22-19(18)25-4-2;/h5-7,9-11,13-14H,3-4,8,12,15-16H2,1-2H3,(H2,21,23,24);1H. The van der Waals surface area contributed by atoms with Crippen LogP contribution in [0.3, 0.4) is 0 Å². The molecule has 0 amide bonds. The van der Waals surface area contributed by atoms with Gasteiger partial charge in [0.2, 0.25) is 5.88 Å². The molecule has 2 rings (SSSR count). The number of guanidine groups is 1. The summed E-state index contributed by atoms with van der Waals surface area (Å²) in [6.45, 7) is 6.88. The Bertz CT molecular complexity index is 649. The summed E-state index contributed by atoms with van der Waals surface area (Å²) >= 11 is 0. The fourth-order valence-corrected chi connectivity index (χ4v) is 2.46. The van der Waals surface area contributed by atoms with Gasteiger partial charge in [-0.3, -0.25) is 0 Å². The number of hydrogen-bond acceptors (Lipinski definition) is 3. The number of nitrogens with one attached hydrogen (secondary N) is 2. The van der Waals surface area contributed by atoms with Crippen LogP contribution in [-0.2, 0) is 13.0 Å². The lowest BCUT2D eigenvalue weighted by Gasteiger charge is -2.12. The van der Waals surface area contributed by atoms with Crippen LogP contribution in [0.1, 0.15) is 31.4 Å². The number of aliphatic imine (C=N–C) groups is 1. The molecule has 26 heavy (non-hydrogen) atoms. The molecule has 0 fully saturated rings. The first-order valence-corrected chi connectivity index (χ1v) is 8.96. The van der Waals surface area contributed by atoms with E-state index in [1.807, 2.05) is 25.1 Å². The molecule has 0 saturated carbocycles. The van der Waals surface area contributed by atoms with Crippen LogP contribution in [-0.4, -0.2) is 30.6 Å². The largest absolute Gasteiger partial charge is 0.478 e. The molecule has 1 heterocycles. The van der Waals surface area contributed by atoms with Gasteiger partial charge in [0.15, 0.2) is 5.96 Å². The summed E-state index contributed by atoms with van der Waals surface area (Å²) in [5.41, 5.74) is 2.36. The first kappa shape index (κ1) is 22.2. The van der Waals surface area contributed by atoms with Crippen LogP contribution in [0.5, 0.6) is 5.88 Å². The summed E-state index contributed by atoms with van der Waals surface area (Å²) in [7, 11) is 0. The molecule has 0 atom stereocenters. The second kappa shape index (κ2) is 13.4. The molecule has 2 aromatic rings. The molecule has 6 heteroatoms. The maximum Gasteiger partial charge on any atom is 0.218 e. The number of ether oxygens (including phenoxy) is 1. The van der Waals surface area contributed by atoms with E-state index in [0.29, 0.717) is 19.0 Å². The first-order valence-electron chi connectivity index (χ1n) is 8.96. The van der Waals surface area contributed by atoms with Crippen molar-refractivity contribution in [1.29, 1.82) is 0 Å². The van der Waals surface area contributed by atoms with Crippen molar-refractivity contribution in [2.75, 3.05) is 19.7 Å². The lowest BCUT2D eigenvalue weighted by atomic mass is 10.1. The number of pyridine rings is 1. The Kier molecular flexibility index (Phi) is 11.4. The van der Waals surface area contributed by atoms with Crippen LogP contribution < -0.4 is 15.4 Å². The Balaban J connectivity index is 0.00000338. The molecule has 0 aliphatic heterocycles. The highest BCUT2D eigenvalue weighted by atomic mass is 127. The number of halogens is 1. The van der Waals surface area contributed by atoms with Gasteiger partial charge in [-0.15, -0.1) is 24.0 Å². The minimum Gasteiger partial charge on any atom is -0.478 e. The molecule has 0 aliphatic carbocycles. The smallest absolute Gasteiger partial charge is 0.218 e. The minimum absolute atomic E-state index is 0. The summed E-state index contributed by atoms with van der Waals surface area (Å²) in [5.74, 6) is 1.48. The van der Waals surface area contributed by atoms with Crippen molar-refractivity contribution in [2.24, 2.45) is 4.99 Å². The third-order valence-corrected chi connectivity index (χ3v) is 3.66. The second-order valence-electron chi connectivity index (χ2n) is 5.61. The highest BCUT2D eigenvalue weighted by Gasteiger charge is 2.04. The normalized spacial score (nSPS) is 10.8. The Hall–Kier alpha value is -1.83. The average molecular weight is 468 g/mol. The number of nitrogens with zero attached hydrogens (tertiary/aromatic N) is 2. The molecule has 5 nitrogen and oxygen atoms in total. The van der Waals surface area contributed by atoms with Gasteiger partial charge in [0.1, 0.15) is 0 Å². The molecule has 2 N–H and O–H groups in total. The average Bonchev–Trinajstić information content (AvgIpc) is 2.65. The van der Waals surface area contributed by atoms with Crippen molar-refractivity contribution >= 4 is 29.9 Å². The zero-order valence-corrected chi connectivity index (χ0v) is 17.9. The number of benzene rings is 1. The second-order valence-corrected chi connectivity index (χ2v) is 5.61. The van der Waals surface area contributed by atoms with Crippen molar-refractivity contribution in [1.82, 2.24) is 15.6 Å². The predicted octanol–water partition coefficient (Wildman–Crippen LogP) is 3.79. The molecule has 0 saturated heterocycles. The quantitative estimate of drug-likeness (QED) is 0.255. The summed E-state index contributed by atoms with van der Waals surface area (Å²) in [5, 5.41) is 6.67. The lowest BCUT2D eigenvalue weighted by molar-refractivity contribution is 0.323. The van der Waals surface area contributed by atoms with Crippen molar-refractivity contribution < 1.29 is 4.74 Å². The highest BCUT2D eigenvalue weighted by molar-refractivity contribution is 14.0. The molecule has 0 bridgehead atoms. The summed E-state index contributed by atoms with van der Waals surface area (Å²) in [6.07, 6.45) is 3.86. The number of aromatic nitrogens is 1. The van der Waals surface area contributed by atoms with Gasteiger partial charge in [-0.25, -0.2) is 9.98 Å². The summed E-state index contributed by atoms with van der Waals surface area (Å²) in [6, 6.07) is 14.4. The number of aryl methyl sites for hydroxylation is 1. The van der Waals surface area contributed by atoms with Crippen LogP contribution in [0.15, 0.2) is 53.7 Å². The molecule has 142 valence electrons. The molecule has 1 aromatic carbocycles. The summed E-state index contributed by atoms with van der Waals surface area (Å²) < 4.78 is 5.56. The van der Waals surface area contributed by atoms with Gasteiger partial charge in [-0.1, -0.05) is 36.4 Å². The van der Waals surface area contributed by atoms with E-state index >= 15 is 0 Å². The lowest BCUT2D eigenvalue weighted by Crippen LogP contribution is -2.37. The topological polar surface area (TPSA) is 58.5 Å². The van der Waals surface area contributed by atoms with E-state index < -0.39 is 0 Å². The van der Waals surface area contributed by atoms with Gasteiger partial charge in [0.25, 0.3) is 0 Å². The number of hydrogen-bond donors (Lipinski definition) is 2. The van der Waals surface area contributed by atoms with Crippen molar-refractivity contribution in [3.8, 4) is 5.88 Å². The maximum atomic E-state index is 5.56. The van der Waals surface area contributed by atoms with Gasteiger partial charge in [-0.2, -0.15) is 0 Å². The molecular weight excluding hydrogens is 439 g/mol. The van der Waals surface area contributed by atoms with E-state index in [9.17, 15) is 0 Å². The van der Waals surface area contributed by atoms with Gasteiger partial charge in [0.05, 0.1) is 13.2 Å².